The van der Waals surface area contributed by atoms with E-state index in [1.54, 1.807) is 12.1 Å². The molecule has 2 N–H and O–H groups in total. The van der Waals surface area contributed by atoms with Crippen LogP contribution < -0.4 is 14.8 Å². The van der Waals surface area contributed by atoms with Crippen LogP contribution >= 0.6 is 0 Å². The van der Waals surface area contributed by atoms with E-state index in [2.05, 4.69) is 10.3 Å². The zero-order valence-corrected chi connectivity index (χ0v) is 10.5. The zero-order chi connectivity index (χ0) is 13.2. The van der Waals surface area contributed by atoms with Crippen molar-refractivity contribution in [1.29, 1.82) is 0 Å². The van der Waals surface area contributed by atoms with Gasteiger partial charge in [-0.05, 0) is 31.2 Å². The van der Waals surface area contributed by atoms with Crippen molar-refractivity contribution >= 4 is 5.69 Å². The summed E-state index contributed by atoms with van der Waals surface area (Å²) >= 11 is 0. The lowest BCUT2D eigenvalue weighted by Gasteiger charge is -2.08. The van der Waals surface area contributed by atoms with E-state index >= 15 is 0 Å². The zero-order valence-electron chi connectivity index (χ0n) is 10.5. The molecule has 0 spiro atoms. The van der Waals surface area contributed by atoms with Crippen LogP contribution in [-0.4, -0.2) is 16.9 Å². The van der Waals surface area contributed by atoms with Gasteiger partial charge in [0.05, 0.1) is 6.54 Å². The first kappa shape index (κ1) is 11.6. The minimum Gasteiger partial charge on any atom is -0.506 e. The molecule has 1 aliphatic rings. The summed E-state index contributed by atoms with van der Waals surface area (Å²) in [6.07, 6.45) is 0. The molecule has 1 aromatic carbocycles. The first-order valence-corrected chi connectivity index (χ1v) is 6.01. The maximum Gasteiger partial charge on any atom is 0.231 e. The molecule has 0 saturated carbocycles. The molecule has 98 valence electrons. The molecule has 0 fully saturated rings. The van der Waals surface area contributed by atoms with Crippen LogP contribution in [0.4, 0.5) is 5.69 Å². The number of hydrogen-bond acceptors (Lipinski definition) is 5. The van der Waals surface area contributed by atoms with Crippen LogP contribution in [-0.2, 0) is 6.54 Å². The molecule has 1 aliphatic heterocycles. The van der Waals surface area contributed by atoms with Crippen molar-refractivity contribution in [2.45, 2.75) is 13.5 Å². The Morgan fingerprint density at radius 3 is 2.95 bits per heavy atom. The molecule has 2 aromatic rings. The highest BCUT2D eigenvalue weighted by atomic mass is 16.7. The molecule has 5 nitrogen and oxygen atoms in total. The number of anilines is 1. The quantitative estimate of drug-likeness (QED) is 0.885. The van der Waals surface area contributed by atoms with Gasteiger partial charge in [0, 0.05) is 17.4 Å². The number of ether oxygens (including phenoxy) is 2. The third kappa shape index (κ3) is 2.40. The average Bonchev–Trinajstić information content (AvgIpc) is 2.87. The number of fused-ring (bicyclic) bond motifs is 1. The second-order valence-corrected chi connectivity index (χ2v) is 4.34. The SMILES string of the molecule is Cc1ccc(O)c(CNc2ccc3c(c2)OCO3)n1. The van der Waals surface area contributed by atoms with Gasteiger partial charge in [0.25, 0.3) is 0 Å². The summed E-state index contributed by atoms with van der Waals surface area (Å²) in [7, 11) is 0. The predicted octanol–water partition coefficient (Wildman–Crippen LogP) is 2.44. The van der Waals surface area contributed by atoms with Crippen LogP contribution in [0.1, 0.15) is 11.4 Å². The fourth-order valence-corrected chi connectivity index (χ4v) is 1.93. The molecule has 0 amide bonds. The Morgan fingerprint density at radius 2 is 2.05 bits per heavy atom. The maximum atomic E-state index is 9.72. The van der Waals surface area contributed by atoms with Gasteiger partial charge in [-0.15, -0.1) is 0 Å². The Bertz CT molecular complexity index is 614. The Labute approximate surface area is 110 Å². The fourth-order valence-electron chi connectivity index (χ4n) is 1.93. The second kappa shape index (κ2) is 4.68. The smallest absolute Gasteiger partial charge is 0.231 e. The van der Waals surface area contributed by atoms with E-state index in [-0.39, 0.29) is 12.5 Å². The van der Waals surface area contributed by atoms with Crippen molar-refractivity contribution in [3.05, 3.63) is 41.7 Å². The number of nitrogens with zero attached hydrogens (tertiary/aromatic N) is 1. The van der Waals surface area contributed by atoms with Crippen molar-refractivity contribution in [3.63, 3.8) is 0 Å². The van der Waals surface area contributed by atoms with Gasteiger partial charge >= 0.3 is 0 Å². The minimum absolute atomic E-state index is 0.193. The molecule has 1 aromatic heterocycles. The number of aromatic hydroxyl groups is 1. The van der Waals surface area contributed by atoms with Gasteiger partial charge in [0.1, 0.15) is 11.4 Å². The molecular formula is C14H14N2O3. The Balaban J connectivity index is 1.74. The van der Waals surface area contributed by atoms with Crippen LogP contribution in [0.25, 0.3) is 0 Å². The van der Waals surface area contributed by atoms with E-state index in [0.717, 1.165) is 22.9 Å². The average molecular weight is 258 g/mol. The molecule has 5 heteroatoms. The van der Waals surface area contributed by atoms with Gasteiger partial charge in [-0.1, -0.05) is 0 Å². The summed E-state index contributed by atoms with van der Waals surface area (Å²) in [5.74, 6) is 1.67. The molecule has 0 aliphatic carbocycles. The van der Waals surface area contributed by atoms with E-state index in [1.807, 2.05) is 25.1 Å². The number of pyridine rings is 1. The van der Waals surface area contributed by atoms with Gasteiger partial charge in [-0.25, -0.2) is 0 Å². The third-order valence-electron chi connectivity index (χ3n) is 2.92. The lowest BCUT2D eigenvalue weighted by molar-refractivity contribution is 0.174. The summed E-state index contributed by atoms with van der Waals surface area (Å²) in [6.45, 7) is 2.61. The number of hydrogen-bond donors (Lipinski definition) is 2. The molecule has 3 rings (SSSR count). The third-order valence-corrected chi connectivity index (χ3v) is 2.92. The van der Waals surface area contributed by atoms with Gasteiger partial charge in [-0.3, -0.25) is 4.98 Å². The topological polar surface area (TPSA) is 63.6 Å². The number of aromatic nitrogens is 1. The first-order chi connectivity index (χ1) is 9.22. The summed E-state index contributed by atoms with van der Waals surface area (Å²) in [5, 5.41) is 12.9. The lowest BCUT2D eigenvalue weighted by Crippen LogP contribution is -2.02. The van der Waals surface area contributed by atoms with E-state index in [9.17, 15) is 5.11 Å². The number of aryl methyl sites for hydroxylation is 1. The number of benzene rings is 1. The van der Waals surface area contributed by atoms with Crippen molar-refractivity contribution in [1.82, 2.24) is 4.98 Å². The Morgan fingerprint density at radius 1 is 1.21 bits per heavy atom. The van der Waals surface area contributed by atoms with Gasteiger partial charge in [-0.2, -0.15) is 0 Å². The van der Waals surface area contributed by atoms with Gasteiger partial charge in [0.15, 0.2) is 11.5 Å². The molecule has 2 heterocycles. The molecule has 0 bridgehead atoms. The highest BCUT2D eigenvalue weighted by Gasteiger charge is 2.13. The van der Waals surface area contributed by atoms with Crippen molar-refractivity contribution in [2.75, 3.05) is 12.1 Å². The fraction of sp³-hybridized carbons (Fsp3) is 0.214. The van der Waals surface area contributed by atoms with Crippen LogP contribution in [0.15, 0.2) is 30.3 Å². The van der Waals surface area contributed by atoms with E-state index in [0.29, 0.717) is 12.2 Å². The maximum absolute atomic E-state index is 9.72. The summed E-state index contributed by atoms with van der Waals surface area (Å²) in [6, 6.07) is 9.06. The molecule has 0 saturated heterocycles. The van der Waals surface area contributed by atoms with Crippen molar-refractivity contribution < 1.29 is 14.6 Å². The van der Waals surface area contributed by atoms with Crippen LogP contribution in [0, 0.1) is 6.92 Å². The number of nitrogens with one attached hydrogen (secondary N) is 1. The summed E-state index contributed by atoms with van der Waals surface area (Å²) in [4.78, 5) is 4.29. The first-order valence-electron chi connectivity index (χ1n) is 6.01. The largest absolute Gasteiger partial charge is 0.506 e. The number of rotatable bonds is 3. The standard InChI is InChI=1S/C14H14N2O3/c1-9-2-4-12(17)11(16-9)7-15-10-3-5-13-14(6-10)19-8-18-13/h2-6,15,17H,7-8H2,1H3. The second-order valence-electron chi connectivity index (χ2n) is 4.34. The lowest BCUT2D eigenvalue weighted by atomic mass is 10.2. The van der Waals surface area contributed by atoms with Crippen LogP contribution in [0.3, 0.4) is 0 Å². The van der Waals surface area contributed by atoms with Gasteiger partial charge in [0.2, 0.25) is 6.79 Å². The molecular weight excluding hydrogens is 244 g/mol. The molecule has 0 atom stereocenters. The van der Waals surface area contributed by atoms with Crippen molar-refractivity contribution in [2.24, 2.45) is 0 Å². The Hall–Kier alpha value is -2.43. The molecule has 0 unspecified atom stereocenters. The highest BCUT2D eigenvalue weighted by Crippen LogP contribution is 2.34. The molecule has 0 radical (unpaired) electrons. The monoisotopic (exact) mass is 258 g/mol. The van der Waals surface area contributed by atoms with Crippen LogP contribution in [0.2, 0.25) is 0 Å². The van der Waals surface area contributed by atoms with Crippen molar-refractivity contribution in [3.8, 4) is 17.2 Å². The minimum atomic E-state index is 0.193. The summed E-state index contributed by atoms with van der Waals surface area (Å²) < 4.78 is 10.6. The van der Waals surface area contributed by atoms with Gasteiger partial charge < -0.3 is 19.9 Å². The van der Waals surface area contributed by atoms with E-state index in [4.69, 9.17) is 9.47 Å². The van der Waals surface area contributed by atoms with E-state index in [1.165, 1.54) is 0 Å². The Kier molecular flexibility index (Phi) is 2.87. The van der Waals surface area contributed by atoms with Crippen LogP contribution in [0.5, 0.6) is 17.2 Å². The summed E-state index contributed by atoms with van der Waals surface area (Å²) in [5.41, 5.74) is 2.39. The van der Waals surface area contributed by atoms with E-state index < -0.39 is 0 Å². The highest BCUT2D eigenvalue weighted by molar-refractivity contribution is 5.55. The normalized spacial score (nSPS) is 12.5. The predicted molar refractivity (Wildman–Crippen MR) is 70.5 cm³/mol. The molecule has 19 heavy (non-hydrogen) atoms.